The zero-order valence-electron chi connectivity index (χ0n) is 10.7. The number of aromatic amines is 1. The van der Waals surface area contributed by atoms with Gasteiger partial charge in [-0.25, -0.2) is 12.8 Å². The average Bonchev–Trinajstić information content (AvgIpc) is 2.75. The lowest BCUT2D eigenvalue weighted by Crippen LogP contribution is -2.14. The number of aryl methyl sites for hydroxylation is 1. The standard InChI is InChI=1S/C12H13BrFN3O2S/c1-2-3-9-7-12(16-15-9)17-20(18,19)11-5-4-8(13)6-10(11)14/h4-7H,2-3H2,1H3,(H2,15,16,17). The molecule has 0 unspecified atom stereocenters. The molecule has 0 amide bonds. The molecule has 0 aliphatic heterocycles. The van der Waals surface area contributed by atoms with Crippen molar-refractivity contribution in [1.29, 1.82) is 0 Å². The van der Waals surface area contributed by atoms with E-state index in [0.717, 1.165) is 24.6 Å². The number of sulfonamides is 1. The Bertz CT molecular complexity index is 715. The second-order valence-corrected chi connectivity index (χ2v) is 6.78. The van der Waals surface area contributed by atoms with Crippen LogP contribution in [0.5, 0.6) is 0 Å². The minimum atomic E-state index is -3.99. The summed E-state index contributed by atoms with van der Waals surface area (Å²) in [6.07, 6.45) is 1.68. The van der Waals surface area contributed by atoms with Gasteiger partial charge in [-0.1, -0.05) is 29.3 Å². The molecule has 0 saturated heterocycles. The highest BCUT2D eigenvalue weighted by Crippen LogP contribution is 2.21. The molecular weight excluding hydrogens is 349 g/mol. The van der Waals surface area contributed by atoms with Crippen molar-refractivity contribution < 1.29 is 12.8 Å². The molecule has 1 aromatic carbocycles. The van der Waals surface area contributed by atoms with Crippen molar-refractivity contribution in [3.8, 4) is 0 Å². The first-order chi connectivity index (χ1) is 9.42. The molecule has 2 aromatic rings. The van der Waals surface area contributed by atoms with Crippen LogP contribution in [-0.4, -0.2) is 18.6 Å². The third kappa shape index (κ3) is 3.37. The lowest BCUT2D eigenvalue weighted by molar-refractivity contribution is 0.569. The highest BCUT2D eigenvalue weighted by molar-refractivity contribution is 9.10. The highest BCUT2D eigenvalue weighted by Gasteiger charge is 2.20. The molecule has 0 aliphatic rings. The van der Waals surface area contributed by atoms with Crippen LogP contribution in [0.2, 0.25) is 0 Å². The molecule has 1 aromatic heterocycles. The van der Waals surface area contributed by atoms with Crippen molar-refractivity contribution in [3.05, 3.63) is 40.2 Å². The van der Waals surface area contributed by atoms with Crippen molar-refractivity contribution in [3.63, 3.8) is 0 Å². The van der Waals surface area contributed by atoms with Crippen molar-refractivity contribution in [2.24, 2.45) is 0 Å². The van der Waals surface area contributed by atoms with E-state index in [1.54, 1.807) is 6.07 Å². The minimum absolute atomic E-state index is 0.149. The van der Waals surface area contributed by atoms with Crippen LogP contribution in [0.3, 0.4) is 0 Å². The largest absolute Gasteiger partial charge is 0.280 e. The molecule has 108 valence electrons. The van der Waals surface area contributed by atoms with Gasteiger partial charge in [0.15, 0.2) is 5.82 Å². The summed E-state index contributed by atoms with van der Waals surface area (Å²) in [4.78, 5) is -0.416. The summed E-state index contributed by atoms with van der Waals surface area (Å²) in [6, 6.07) is 5.35. The summed E-state index contributed by atoms with van der Waals surface area (Å²) < 4.78 is 40.6. The van der Waals surface area contributed by atoms with Gasteiger partial charge in [0.2, 0.25) is 0 Å². The molecule has 0 saturated carbocycles. The number of aromatic nitrogens is 2. The second kappa shape index (κ2) is 5.92. The fourth-order valence-electron chi connectivity index (χ4n) is 1.70. The van der Waals surface area contributed by atoms with E-state index in [4.69, 9.17) is 0 Å². The molecule has 5 nitrogen and oxygen atoms in total. The van der Waals surface area contributed by atoms with Crippen molar-refractivity contribution in [1.82, 2.24) is 10.2 Å². The number of hydrogen-bond acceptors (Lipinski definition) is 3. The number of nitrogens with one attached hydrogen (secondary N) is 2. The van der Waals surface area contributed by atoms with Crippen LogP contribution >= 0.6 is 15.9 Å². The number of halogens is 2. The molecule has 20 heavy (non-hydrogen) atoms. The zero-order chi connectivity index (χ0) is 14.8. The van der Waals surface area contributed by atoms with Crippen molar-refractivity contribution in [2.75, 3.05) is 4.72 Å². The fourth-order valence-corrected chi connectivity index (χ4v) is 3.08. The number of hydrogen-bond donors (Lipinski definition) is 2. The Morgan fingerprint density at radius 2 is 2.15 bits per heavy atom. The van der Waals surface area contributed by atoms with Gasteiger partial charge in [0.1, 0.15) is 10.7 Å². The van der Waals surface area contributed by atoms with E-state index in [-0.39, 0.29) is 5.82 Å². The summed E-state index contributed by atoms with van der Waals surface area (Å²) in [5.74, 6) is -0.674. The molecule has 0 atom stereocenters. The zero-order valence-corrected chi connectivity index (χ0v) is 13.1. The van der Waals surface area contributed by atoms with E-state index in [0.29, 0.717) is 4.47 Å². The molecular formula is C12H13BrFN3O2S. The molecule has 0 spiro atoms. The molecule has 0 aliphatic carbocycles. The smallest absolute Gasteiger partial charge is 0.266 e. The molecule has 0 radical (unpaired) electrons. The quantitative estimate of drug-likeness (QED) is 0.859. The van der Waals surface area contributed by atoms with E-state index in [2.05, 4.69) is 30.8 Å². The molecule has 2 rings (SSSR count). The summed E-state index contributed by atoms with van der Waals surface area (Å²) in [5, 5.41) is 6.57. The third-order valence-corrected chi connectivity index (χ3v) is 4.45. The van der Waals surface area contributed by atoms with Crippen LogP contribution in [0.4, 0.5) is 10.2 Å². The average molecular weight is 362 g/mol. The second-order valence-electron chi connectivity index (χ2n) is 4.21. The molecule has 1 heterocycles. The number of benzene rings is 1. The van der Waals surface area contributed by atoms with Crippen LogP contribution in [0, 0.1) is 5.82 Å². The number of rotatable bonds is 5. The third-order valence-electron chi connectivity index (χ3n) is 2.57. The summed E-state index contributed by atoms with van der Waals surface area (Å²) in [6.45, 7) is 2.00. The van der Waals surface area contributed by atoms with Crippen LogP contribution in [-0.2, 0) is 16.4 Å². The number of nitrogens with zero attached hydrogens (tertiary/aromatic N) is 1. The van der Waals surface area contributed by atoms with E-state index in [9.17, 15) is 12.8 Å². The molecule has 0 fully saturated rings. The molecule has 2 N–H and O–H groups in total. The Morgan fingerprint density at radius 3 is 2.80 bits per heavy atom. The van der Waals surface area contributed by atoms with Crippen LogP contribution < -0.4 is 4.72 Å². The van der Waals surface area contributed by atoms with Gasteiger partial charge >= 0.3 is 0 Å². The first-order valence-corrected chi connectivity index (χ1v) is 8.22. The van der Waals surface area contributed by atoms with E-state index >= 15 is 0 Å². The summed E-state index contributed by atoms with van der Waals surface area (Å²) in [7, 11) is -3.99. The number of anilines is 1. The topological polar surface area (TPSA) is 74.8 Å². The van der Waals surface area contributed by atoms with Crippen LogP contribution in [0.25, 0.3) is 0 Å². The van der Waals surface area contributed by atoms with Crippen molar-refractivity contribution in [2.45, 2.75) is 24.7 Å². The predicted molar refractivity (Wildman–Crippen MR) is 77.5 cm³/mol. The summed E-state index contributed by atoms with van der Waals surface area (Å²) in [5.41, 5.74) is 0.821. The van der Waals surface area contributed by atoms with E-state index in [1.165, 1.54) is 12.1 Å². The maximum absolute atomic E-state index is 13.7. The molecule has 0 bridgehead atoms. The summed E-state index contributed by atoms with van der Waals surface area (Å²) >= 11 is 3.08. The SMILES string of the molecule is CCCc1cc(NS(=O)(=O)c2ccc(Br)cc2F)n[nH]1. The Hall–Kier alpha value is -1.41. The molecule has 8 heteroatoms. The van der Waals surface area contributed by atoms with Gasteiger partial charge in [0.05, 0.1) is 0 Å². The van der Waals surface area contributed by atoms with Gasteiger partial charge in [0, 0.05) is 16.2 Å². The maximum atomic E-state index is 13.7. The Balaban J connectivity index is 2.26. The Labute approximate surface area is 124 Å². The lowest BCUT2D eigenvalue weighted by atomic mass is 10.2. The predicted octanol–water partition coefficient (Wildman–Crippen LogP) is 3.06. The van der Waals surface area contributed by atoms with Crippen LogP contribution in [0.15, 0.2) is 33.6 Å². The van der Waals surface area contributed by atoms with Gasteiger partial charge in [0.25, 0.3) is 10.0 Å². The van der Waals surface area contributed by atoms with Crippen LogP contribution in [0.1, 0.15) is 19.0 Å². The van der Waals surface area contributed by atoms with Gasteiger partial charge in [-0.2, -0.15) is 5.10 Å². The van der Waals surface area contributed by atoms with E-state index < -0.39 is 20.7 Å². The lowest BCUT2D eigenvalue weighted by Gasteiger charge is -2.06. The van der Waals surface area contributed by atoms with Gasteiger partial charge in [-0.05, 0) is 24.6 Å². The Kier molecular flexibility index (Phi) is 4.44. The fraction of sp³-hybridized carbons (Fsp3) is 0.250. The first kappa shape index (κ1) is 15.0. The van der Waals surface area contributed by atoms with Gasteiger partial charge in [-0.15, -0.1) is 0 Å². The van der Waals surface area contributed by atoms with Gasteiger partial charge < -0.3 is 0 Å². The Morgan fingerprint density at radius 1 is 1.40 bits per heavy atom. The number of H-pyrrole nitrogens is 1. The highest BCUT2D eigenvalue weighted by atomic mass is 79.9. The van der Waals surface area contributed by atoms with Gasteiger partial charge in [-0.3, -0.25) is 9.82 Å². The minimum Gasteiger partial charge on any atom is -0.280 e. The first-order valence-electron chi connectivity index (χ1n) is 5.94. The monoisotopic (exact) mass is 361 g/mol. The van der Waals surface area contributed by atoms with E-state index in [1.807, 2.05) is 6.92 Å². The van der Waals surface area contributed by atoms with Crippen molar-refractivity contribution >= 4 is 31.8 Å². The maximum Gasteiger partial charge on any atom is 0.266 e. The normalized spacial score (nSPS) is 11.6.